The summed E-state index contributed by atoms with van der Waals surface area (Å²) in [6.07, 6.45) is 7.92. The van der Waals surface area contributed by atoms with Crippen LogP contribution in [0.3, 0.4) is 0 Å². The van der Waals surface area contributed by atoms with Gasteiger partial charge in [-0.05, 0) is 31.7 Å². The van der Waals surface area contributed by atoms with Gasteiger partial charge in [0.05, 0.1) is 11.4 Å². The van der Waals surface area contributed by atoms with Crippen LogP contribution in [0.5, 0.6) is 0 Å². The number of nitrogens with two attached hydrogens (primary N) is 1. The van der Waals surface area contributed by atoms with Crippen molar-refractivity contribution < 1.29 is 0 Å². The van der Waals surface area contributed by atoms with E-state index in [2.05, 4.69) is 4.90 Å². The van der Waals surface area contributed by atoms with Crippen molar-refractivity contribution in [1.82, 2.24) is 9.78 Å². The van der Waals surface area contributed by atoms with E-state index >= 15 is 0 Å². The molecule has 6 heteroatoms. The van der Waals surface area contributed by atoms with E-state index in [1.807, 2.05) is 24.3 Å². The number of halogens is 1. The molecule has 5 nitrogen and oxygen atoms in total. The molecule has 1 aliphatic carbocycles. The van der Waals surface area contributed by atoms with E-state index in [0.29, 0.717) is 0 Å². The highest BCUT2D eigenvalue weighted by molar-refractivity contribution is 5.91. The van der Waals surface area contributed by atoms with Gasteiger partial charge in [-0.2, -0.15) is 5.10 Å². The summed E-state index contributed by atoms with van der Waals surface area (Å²) >= 11 is 0. The number of piperidine rings is 1. The molecule has 1 saturated heterocycles. The minimum atomic E-state index is 0. The molecule has 1 unspecified atom stereocenters. The molecule has 0 radical (unpaired) electrons. The van der Waals surface area contributed by atoms with Gasteiger partial charge in [0.1, 0.15) is 0 Å². The van der Waals surface area contributed by atoms with Crippen molar-refractivity contribution in [2.75, 3.05) is 18.0 Å². The average molecular weight is 363 g/mol. The maximum absolute atomic E-state index is 13.0. The monoisotopic (exact) mass is 362 g/mol. The van der Waals surface area contributed by atoms with E-state index < -0.39 is 0 Å². The van der Waals surface area contributed by atoms with Crippen LogP contribution in [0.25, 0.3) is 10.8 Å². The maximum atomic E-state index is 13.0. The van der Waals surface area contributed by atoms with Gasteiger partial charge in [-0.1, -0.05) is 37.5 Å². The van der Waals surface area contributed by atoms with Gasteiger partial charge in [-0.25, -0.2) is 4.68 Å². The van der Waals surface area contributed by atoms with Gasteiger partial charge in [0.25, 0.3) is 5.56 Å². The van der Waals surface area contributed by atoms with Crippen LogP contribution in [0.1, 0.15) is 51.0 Å². The molecule has 2 N–H and O–H groups in total. The van der Waals surface area contributed by atoms with Crippen molar-refractivity contribution >= 4 is 29.0 Å². The molecule has 4 rings (SSSR count). The molecule has 2 heterocycles. The van der Waals surface area contributed by atoms with Crippen molar-refractivity contribution in [2.24, 2.45) is 5.73 Å². The van der Waals surface area contributed by atoms with Gasteiger partial charge in [0.15, 0.2) is 5.82 Å². The lowest BCUT2D eigenvalue weighted by Crippen LogP contribution is -2.44. The van der Waals surface area contributed by atoms with Crippen LogP contribution >= 0.6 is 12.4 Å². The number of anilines is 1. The molecule has 2 fully saturated rings. The second-order valence-electron chi connectivity index (χ2n) is 7.26. The Hall–Kier alpha value is -1.59. The van der Waals surface area contributed by atoms with Crippen LogP contribution < -0.4 is 16.2 Å². The number of hydrogen-bond acceptors (Lipinski definition) is 4. The van der Waals surface area contributed by atoms with Crippen molar-refractivity contribution in [3.63, 3.8) is 0 Å². The Morgan fingerprint density at radius 1 is 1.00 bits per heavy atom. The quantitative estimate of drug-likeness (QED) is 0.890. The van der Waals surface area contributed by atoms with Crippen LogP contribution in [-0.4, -0.2) is 28.9 Å². The van der Waals surface area contributed by atoms with Crippen molar-refractivity contribution in [1.29, 1.82) is 0 Å². The molecule has 1 aromatic heterocycles. The van der Waals surface area contributed by atoms with Crippen LogP contribution in [0.15, 0.2) is 29.1 Å². The topological polar surface area (TPSA) is 64.2 Å². The maximum Gasteiger partial charge on any atom is 0.275 e. The van der Waals surface area contributed by atoms with Gasteiger partial charge >= 0.3 is 0 Å². The number of rotatable bonds is 2. The lowest BCUT2D eigenvalue weighted by molar-refractivity contribution is 0.319. The minimum Gasteiger partial charge on any atom is -0.353 e. The van der Waals surface area contributed by atoms with E-state index in [0.717, 1.165) is 55.4 Å². The molecule has 1 atom stereocenters. The van der Waals surface area contributed by atoms with Crippen LogP contribution in [0.4, 0.5) is 5.82 Å². The highest BCUT2D eigenvalue weighted by atomic mass is 35.5. The number of benzene rings is 1. The van der Waals surface area contributed by atoms with E-state index in [9.17, 15) is 4.79 Å². The molecular weight excluding hydrogens is 336 g/mol. The normalized spacial score (nSPS) is 22.0. The van der Waals surface area contributed by atoms with Crippen LogP contribution in [0.2, 0.25) is 0 Å². The fourth-order valence-corrected chi connectivity index (χ4v) is 4.20. The molecule has 1 saturated carbocycles. The molecule has 1 aromatic carbocycles. The summed E-state index contributed by atoms with van der Waals surface area (Å²) in [4.78, 5) is 15.3. The zero-order valence-corrected chi connectivity index (χ0v) is 15.4. The molecule has 2 aliphatic rings. The van der Waals surface area contributed by atoms with Gasteiger partial charge < -0.3 is 10.6 Å². The van der Waals surface area contributed by atoms with Gasteiger partial charge in [0, 0.05) is 24.5 Å². The number of hydrogen-bond donors (Lipinski definition) is 1. The molecule has 0 amide bonds. The zero-order chi connectivity index (χ0) is 16.5. The van der Waals surface area contributed by atoms with Crippen LogP contribution in [0, 0.1) is 0 Å². The summed E-state index contributed by atoms with van der Waals surface area (Å²) in [5, 5.41) is 6.60. The third-order valence-electron chi connectivity index (χ3n) is 5.49. The zero-order valence-electron chi connectivity index (χ0n) is 14.6. The predicted molar refractivity (Wildman–Crippen MR) is 105 cm³/mol. The first-order valence-electron chi connectivity index (χ1n) is 9.26. The second kappa shape index (κ2) is 7.75. The Morgan fingerprint density at radius 3 is 2.44 bits per heavy atom. The van der Waals surface area contributed by atoms with Gasteiger partial charge in [0.2, 0.25) is 0 Å². The Bertz CT molecular complexity index is 785. The number of nitrogens with zero attached hydrogens (tertiary/aromatic N) is 3. The van der Waals surface area contributed by atoms with Crippen molar-refractivity contribution in [3.05, 3.63) is 34.6 Å². The summed E-state index contributed by atoms with van der Waals surface area (Å²) < 4.78 is 1.77. The standard InChI is InChI=1S/C19H26N4O.ClH/c20-14-7-6-12-22(13-14)18-16-10-4-5-11-17(16)19(24)23(21-18)15-8-2-1-3-9-15;/h4-5,10-11,14-15H,1-3,6-9,12-13,20H2;1H. The molecule has 1 aliphatic heterocycles. The summed E-state index contributed by atoms with van der Waals surface area (Å²) in [5.74, 6) is 0.936. The van der Waals surface area contributed by atoms with E-state index in [4.69, 9.17) is 10.8 Å². The Morgan fingerprint density at radius 2 is 1.72 bits per heavy atom. The van der Waals surface area contributed by atoms with Gasteiger partial charge in [-0.3, -0.25) is 4.79 Å². The highest BCUT2D eigenvalue weighted by Crippen LogP contribution is 2.30. The van der Waals surface area contributed by atoms with Crippen molar-refractivity contribution in [3.8, 4) is 0 Å². The minimum absolute atomic E-state index is 0. The molecule has 136 valence electrons. The lowest BCUT2D eigenvalue weighted by atomic mass is 9.95. The molecular formula is C19H27ClN4O. The first-order valence-corrected chi connectivity index (χ1v) is 9.26. The van der Waals surface area contributed by atoms with E-state index in [1.165, 1.54) is 19.3 Å². The molecule has 25 heavy (non-hydrogen) atoms. The summed E-state index contributed by atoms with van der Waals surface area (Å²) in [6, 6.07) is 8.32. The van der Waals surface area contributed by atoms with E-state index in [-0.39, 0.29) is 30.0 Å². The molecule has 0 spiro atoms. The number of fused-ring (bicyclic) bond motifs is 1. The number of aromatic nitrogens is 2. The summed E-state index contributed by atoms with van der Waals surface area (Å²) in [6.45, 7) is 1.79. The summed E-state index contributed by atoms with van der Waals surface area (Å²) in [7, 11) is 0. The SMILES string of the molecule is Cl.NC1CCCN(c2nn(C3CCCCC3)c(=O)c3ccccc23)C1. The first kappa shape index (κ1) is 18.2. The Kier molecular flexibility index (Phi) is 5.64. The third-order valence-corrected chi connectivity index (χ3v) is 5.49. The average Bonchev–Trinajstić information content (AvgIpc) is 2.63. The Balaban J connectivity index is 0.00000182. The van der Waals surface area contributed by atoms with Crippen molar-refractivity contribution in [2.45, 2.75) is 57.0 Å². The predicted octanol–water partition coefficient (Wildman–Crippen LogP) is 3.25. The molecule has 2 aromatic rings. The smallest absolute Gasteiger partial charge is 0.275 e. The fourth-order valence-electron chi connectivity index (χ4n) is 4.20. The second-order valence-corrected chi connectivity index (χ2v) is 7.26. The fraction of sp³-hybridized carbons (Fsp3) is 0.579. The molecule has 0 bridgehead atoms. The lowest BCUT2D eigenvalue weighted by Gasteiger charge is -2.33. The third kappa shape index (κ3) is 3.53. The van der Waals surface area contributed by atoms with Gasteiger partial charge in [-0.15, -0.1) is 12.4 Å². The largest absolute Gasteiger partial charge is 0.353 e. The van der Waals surface area contributed by atoms with Crippen LogP contribution in [-0.2, 0) is 0 Å². The Labute approximate surface area is 154 Å². The van der Waals surface area contributed by atoms with E-state index in [1.54, 1.807) is 4.68 Å². The first-order chi connectivity index (χ1) is 11.7. The highest BCUT2D eigenvalue weighted by Gasteiger charge is 2.24. The summed E-state index contributed by atoms with van der Waals surface area (Å²) in [5.41, 5.74) is 6.24.